The van der Waals surface area contributed by atoms with Crippen LogP contribution in [0.4, 0.5) is 4.79 Å². The van der Waals surface area contributed by atoms with Gasteiger partial charge in [-0.3, -0.25) is 14.5 Å². The van der Waals surface area contributed by atoms with E-state index in [0.29, 0.717) is 33.8 Å². The van der Waals surface area contributed by atoms with Crippen molar-refractivity contribution in [2.24, 2.45) is 0 Å². The highest BCUT2D eigenvalue weighted by atomic mass is 127. The van der Waals surface area contributed by atoms with Crippen molar-refractivity contribution < 1.29 is 23.8 Å². The molecule has 1 heterocycles. The third kappa shape index (κ3) is 6.50. The standard InChI is InChI=1S/C26H21ClINO5S/c1-32-23-14-18(8-11-22(23)34-16-17-6-9-19(28)10-7-17)15-24-25(30)29(26(31)35-24)12-13-33-21-5-3-2-4-20(21)27/h2-11,14-15H,12-13,16H2,1H3/b24-15-. The molecular formula is C26H21ClINO5S. The van der Waals surface area contributed by atoms with Crippen LogP contribution in [0.2, 0.25) is 5.02 Å². The first-order valence-electron chi connectivity index (χ1n) is 10.6. The van der Waals surface area contributed by atoms with Gasteiger partial charge in [0, 0.05) is 3.57 Å². The van der Waals surface area contributed by atoms with Crippen molar-refractivity contribution in [1.29, 1.82) is 0 Å². The van der Waals surface area contributed by atoms with Gasteiger partial charge >= 0.3 is 0 Å². The number of benzene rings is 3. The molecule has 3 aromatic carbocycles. The maximum atomic E-state index is 12.8. The maximum absolute atomic E-state index is 12.8. The van der Waals surface area contributed by atoms with E-state index in [1.165, 1.54) is 4.90 Å². The molecule has 0 aromatic heterocycles. The van der Waals surface area contributed by atoms with E-state index in [-0.39, 0.29) is 24.3 Å². The number of amides is 2. The number of rotatable bonds is 9. The van der Waals surface area contributed by atoms with Crippen molar-refractivity contribution in [3.8, 4) is 17.2 Å². The minimum Gasteiger partial charge on any atom is -0.493 e. The van der Waals surface area contributed by atoms with Gasteiger partial charge in [0.05, 0.1) is 23.6 Å². The van der Waals surface area contributed by atoms with Crippen LogP contribution in [0.1, 0.15) is 11.1 Å². The molecule has 3 aromatic rings. The summed E-state index contributed by atoms with van der Waals surface area (Å²) in [5, 5.41) is 0.134. The summed E-state index contributed by atoms with van der Waals surface area (Å²) in [4.78, 5) is 26.7. The lowest BCUT2D eigenvalue weighted by Gasteiger charge is -2.14. The summed E-state index contributed by atoms with van der Waals surface area (Å²) in [5.41, 5.74) is 1.77. The highest BCUT2D eigenvalue weighted by Gasteiger charge is 2.34. The lowest BCUT2D eigenvalue weighted by Crippen LogP contribution is -2.32. The molecule has 4 rings (SSSR count). The van der Waals surface area contributed by atoms with Crippen LogP contribution in [-0.2, 0) is 11.4 Å². The van der Waals surface area contributed by atoms with Gasteiger partial charge in [0.15, 0.2) is 11.5 Å². The van der Waals surface area contributed by atoms with Crippen molar-refractivity contribution in [1.82, 2.24) is 4.90 Å². The molecular weight excluding hydrogens is 601 g/mol. The van der Waals surface area contributed by atoms with Crippen molar-refractivity contribution >= 4 is 63.2 Å². The van der Waals surface area contributed by atoms with Crippen molar-refractivity contribution in [2.45, 2.75) is 6.61 Å². The second-order valence-corrected chi connectivity index (χ2v) is 10.1. The van der Waals surface area contributed by atoms with Gasteiger partial charge in [0.25, 0.3) is 11.1 Å². The van der Waals surface area contributed by atoms with Crippen molar-refractivity contribution in [3.63, 3.8) is 0 Å². The summed E-state index contributed by atoms with van der Waals surface area (Å²) in [5.74, 6) is 1.28. The van der Waals surface area contributed by atoms with Gasteiger partial charge in [0.1, 0.15) is 19.0 Å². The quantitative estimate of drug-likeness (QED) is 0.197. The predicted octanol–water partition coefficient (Wildman–Crippen LogP) is 6.65. The maximum Gasteiger partial charge on any atom is 0.293 e. The van der Waals surface area contributed by atoms with Gasteiger partial charge in [-0.2, -0.15) is 0 Å². The number of thioether (sulfide) groups is 1. The second-order valence-electron chi connectivity index (χ2n) is 7.44. The van der Waals surface area contributed by atoms with Crippen LogP contribution in [0.25, 0.3) is 6.08 Å². The fourth-order valence-corrected chi connectivity index (χ4v) is 4.70. The van der Waals surface area contributed by atoms with Gasteiger partial charge in [-0.05, 0) is 88.0 Å². The number of hydrogen-bond acceptors (Lipinski definition) is 6. The molecule has 180 valence electrons. The van der Waals surface area contributed by atoms with Crippen molar-refractivity contribution in [3.05, 3.63) is 91.4 Å². The number of para-hydroxylation sites is 1. The lowest BCUT2D eigenvalue weighted by atomic mass is 10.1. The summed E-state index contributed by atoms with van der Waals surface area (Å²) < 4.78 is 18.2. The number of carbonyl (C=O) groups is 2. The Kier molecular flexibility index (Phi) is 8.59. The number of carbonyl (C=O) groups excluding carboxylic acids is 2. The fourth-order valence-electron chi connectivity index (χ4n) is 3.29. The topological polar surface area (TPSA) is 65.1 Å². The van der Waals surface area contributed by atoms with E-state index < -0.39 is 0 Å². The van der Waals surface area contributed by atoms with Crippen LogP contribution >= 0.6 is 46.0 Å². The Morgan fingerprint density at radius 2 is 1.74 bits per heavy atom. The highest BCUT2D eigenvalue weighted by Crippen LogP contribution is 2.35. The normalized spacial score (nSPS) is 14.5. The summed E-state index contributed by atoms with van der Waals surface area (Å²) in [7, 11) is 1.56. The zero-order valence-electron chi connectivity index (χ0n) is 18.7. The molecule has 0 aliphatic carbocycles. The molecule has 2 amide bonds. The summed E-state index contributed by atoms with van der Waals surface area (Å²) >= 11 is 9.23. The average molecular weight is 622 g/mol. The van der Waals surface area contributed by atoms with E-state index in [4.69, 9.17) is 25.8 Å². The minimum atomic E-state index is -0.360. The summed E-state index contributed by atoms with van der Waals surface area (Å²) in [6.45, 7) is 0.680. The molecule has 0 spiro atoms. The van der Waals surface area contributed by atoms with E-state index in [1.807, 2.05) is 30.3 Å². The molecule has 1 fully saturated rings. The van der Waals surface area contributed by atoms with Crippen LogP contribution in [-0.4, -0.2) is 36.3 Å². The highest BCUT2D eigenvalue weighted by molar-refractivity contribution is 14.1. The third-order valence-corrected chi connectivity index (χ3v) is 7.01. The van der Waals surface area contributed by atoms with E-state index in [2.05, 4.69) is 22.6 Å². The van der Waals surface area contributed by atoms with Gasteiger partial charge in [-0.15, -0.1) is 0 Å². The average Bonchev–Trinajstić information content (AvgIpc) is 3.12. The Morgan fingerprint density at radius 3 is 2.49 bits per heavy atom. The number of imide groups is 1. The largest absolute Gasteiger partial charge is 0.493 e. The number of halogens is 2. The molecule has 6 nitrogen and oxygen atoms in total. The van der Waals surface area contributed by atoms with Crippen LogP contribution < -0.4 is 14.2 Å². The molecule has 0 unspecified atom stereocenters. The number of nitrogens with zero attached hydrogens (tertiary/aromatic N) is 1. The van der Waals surface area contributed by atoms with Gasteiger partial charge in [-0.1, -0.05) is 41.9 Å². The van der Waals surface area contributed by atoms with Crippen molar-refractivity contribution in [2.75, 3.05) is 20.3 Å². The van der Waals surface area contributed by atoms with Gasteiger partial charge in [0.2, 0.25) is 0 Å². The van der Waals surface area contributed by atoms with E-state index in [1.54, 1.807) is 49.6 Å². The van der Waals surface area contributed by atoms with Crippen LogP contribution in [0, 0.1) is 3.57 Å². The third-order valence-electron chi connectivity index (χ3n) is 5.08. The van der Waals surface area contributed by atoms with Crippen LogP contribution in [0.3, 0.4) is 0 Å². The first-order valence-corrected chi connectivity index (χ1v) is 12.9. The Bertz CT molecular complexity index is 1260. The molecule has 1 aliphatic rings. The molecule has 0 atom stereocenters. The summed E-state index contributed by atoms with van der Waals surface area (Å²) in [6, 6.07) is 20.5. The van der Waals surface area contributed by atoms with E-state index in [9.17, 15) is 9.59 Å². The molecule has 0 bridgehead atoms. The molecule has 0 saturated carbocycles. The molecule has 1 saturated heterocycles. The first-order chi connectivity index (χ1) is 16.9. The zero-order valence-corrected chi connectivity index (χ0v) is 22.4. The predicted molar refractivity (Wildman–Crippen MR) is 146 cm³/mol. The van der Waals surface area contributed by atoms with Crippen LogP contribution in [0.15, 0.2) is 71.6 Å². The Balaban J connectivity index is 1.40. The van der Waals surface area contributed by atoms with Gasteiger partial charge in [-0.25, -0.2) is 0 Å². The molecule has 0 N–H and O–H groups in total. The Labute approximate surface area is 226 Å². The Morgan fingerprint density at radius 1 is 0.971 bits per heavy atom. The SMILES string of the molecule is COc1cc(/C=C2\SC(=O)N(CCOc3ccccc3Cl)C2=O)ccc1OCc1ccc(I)cc1. The zero-order chi connectivity index (χ0) is 24.8. The number of ether oxygens (including phenoxy) is 3. The molecule has 35 heavy (non-hydrogen) atoms. The van der Waals surface area contributed by atoms with Crippen LogP contribution in [0.5, 0.6) is 17.2 Å². The molecule has 9 heteroatoms. The Hall–Kier alpha value is -2.69. The second kappa shape index (κ2) is 11.8. The molecule has 1 aliphatic heterocycles. The fraction of sp³-hybridized carbons (Fsp3) is 0.154. The van der Waals surface area contributed by atoms with E-state index >= 15 is 0 Å². The number of hydrogen-bond donors (Lipinski definition) is 0. The minimum absolute atomic E-state index is 0.127. The van der Waals surface area contributed by atoms with Gasteiger partial charge < -0.3 is 14.2 Å². The smallest absolute Gasteiger partial charge is 0.293 e. The van der Waals surface area contributed by atoms with E-state index in [0.717, 1.165) is 26.5 Å². The monoisotopic (exact) mass is 621 g/mol. The summed E-state index contributed by atoms with van der Waals surface area (Å²) in [6.07, 6.45) is 1.67. The lowest BCUT2D eigenvalue weighted by molar-refractivity contribution is -0.123. The molecule has 0 radical (unpaired) electrons. The first kappa shape index (κ1) is 25.4. The number of methoxy groups -OCH3 is 1.